The fourth-order valence-electron chi connectivity index (χ4n) is 3.78. The quantitative estimate of drug-likeness (QED) is 0.724. The van der Waals surface area contributed by atoms with Crippen molar-refractivity contribution in [2.45, 2.75) is 44.7 Å². The van der Waals surface area contributed by atoms with Crippen LogP contribution in [0.15, 0.2) is 18.2 Å². The largest absolute Gasteiger partial charge is 0.497 e. The maximum atomic E-state index is 12.8. The molecule has 0 aromatic heterocycles. The number of imide groups is 1. The molecule has 3 rings (SSSR count). The molecule has 0 bridgehead atoms. The summed E-state index contributed by atoms with van der Waals surface area (Å²) in [4.78, 5) is 38.5. The van der Waals surface area contributed by atoms with Crippen LogP contribution < -0.4 is 20.1 Å². The molecular formula is C20H27N3O5. The molecule has 152 valence electrons. The Morgan fingerprint density at radius 1 is 1.18 bits per heavy atom. The normalized spacial score (nSPS) is 24.2. The highest BCUT2D eigenvalue weighted by molar-refractivity contribution is 6.09. The van der Waals surface area contributed by atoms with Crippen molar-refractivity contribution in [1.82, 2.24) is 15.5 Å². The molecule has 1 aliphatic carbocycles. The lowest BCUT2D eigenvalue weighted by atomic mass is 9.77. The van der Waals surface area contributed by atoms with Crippen molar-refractivity contribution in [2.75, 3.05) is 20.8 Å². The highest BCUT2D eigenvalue weighted by atomic mass is 16.5. The number of urea groups is 1. The van der Waals surface area contributed by atoms with E-state index in [2.05, 4.69) is 17.6 Å². The second-order valence-electron chi connectivity index (χ2n) is 7.58. The molecule has 2 N–H and O–H groups in total. The molecule has 1 spiro atoms. The van der Waals surface area contributed by atoms with Crippen molar-refractivity contribution in [3.05, 3.63) is 23.8 Å². The average molecular weight is 389 g/mol. The maximum absolute atomic E-state index is 12.8. The van der Waals surface area contributed by atoms with Crippen molar-refractivity contribution in [2.24, 2.45) is 5.92 Å². The molecular weight excluding hydrogens is 362 g/mol. The minimum absolute atomic E-state index is 0.235. The first-order valence-corrected chi connectivity index (χ1v) is 9.49. The van der Waals surface area contributed by atoms with E-state index in [0.717, 1.165) is 23.3 Å². The predicted molar refractivity (Wildman–Crippen MR) is 102 cm³/mol. The monoisotopic (exact) mass is 389 g/mol. The zero-order chi connectivity index (χ0) is 20.3. The van der Waals surface area contributed by atoms with Gasteiger partial charge in [-0.2, -0.15) is 0 Å². The van der Waals surface area contributed by atoms with Crippen molar-refractivity contribution >= 4 is 17.8 Å². The molecule has 1 aromatic rings. The SMILES string of the molecule is COc1cc(CNC(=O)CN2C(=O)NC3(CCC(C)CC3)C2=O)cc(OC)c1. The van der Waals surface area contributed by atoms with Crippen LogP contribution in [-0.2, 0) is 16.1 Å². The molecule has 8 nitrogen and oxygen atoms in total. The van der Waals surface area contributed by atoms with Gasteiger partial charge in [-0.1, -0.05) is 6.92 Å². The topological polar surface area (TPSA) is 97.0 Å². The van der Waals surface area contributed by atoms with E-state index in [0.29, 0.717) is 30.3 Å². The van der Waals surface area contributed by atoms with E-state index in [9.17, 15) is 14.4 Å². The van der Waals surface area contributed by atoms with Crippen LogP contribution in [0.1, 0.15) is 38.2 Å². The third-order valence-electron chi connectivity index (χ3n) is 5.58. The van der Waals surface area contributed by atoms with Gasteiger partial charge in [-0.3, -0.25) is 14.5 Å². The summed E-state index contributed by atoms with van der Waals surface area (Å²) < 4.78 is 10.4. The first-order chi connectivity index (χ1) is 13.4. The smallest absolute Gasteiger partial charge is 0.325 e. The first kappa shape index (κ1) is 20.0. The summed E-state index contributed by atoms with van der Waals surface area (Å²) in [7, 11) is 3.10. The third kappa shape index (κ3) is 4.05. The molecule has 8 heteroatoms. The number of hydrogen-bond donors (Lipinski definition) is 2. The Bertz CT molecular complexity index is 749. The molecule has 4 amide bonds. The van der Waals surface area contributed by atoms with E-state index in [-0.39, 0.29) is 19.0 Å². The van der Waals surface area contributed by atoms with Gasteiger partial charge in [0.2, 0.25) is 5.91 Å². The molecule has 2 fully saturated rings. The summed E-state index contributed by atoms with van der Waals surface area (Å²) >= 11 is 0. The minimum atomic E-state index is -0.829. The van der Waals surface area contributed by atoms with Gasteiger partial charge in [-0.05, 0) is 49.3 Å². The average Bonchev–Trinajstić information content (AvgIpc) is 2.92. The second kappa shape index (κ2) is 8.08. The van der Waals surface area contributed by atoms with Crippen molar-refractivity contribution in [3.8, 4) is 11.5 Å². The zero-order valence-electron chi connectivity index (χ0n) is 16.5. The van der Waals surface area contributed by atoms with Crippen LogP contribution in [0, 0.1) is 5.92 Å². The van der Waals surface area contributed by atoms with Crippen LogP contribution in [-0.4, -0.2) is 49.0 Å². The lowest BCUT2D eigenvalue weighted by Crippen LogP contribution is -2.49. The Labute approximate surface area is 164 Å². The fraction of sp³-hybridized carbons (Fsp3) is 0.550. The molecule has 0 atom stereocenters. The van der Waals surface area contributed by atoms with E-state index in [1.54, 1.807) is 32.4 Å². The predicted octanol–water partition coefficient (Wildman–Crippen LogP) is 1.82. The van der Waals surface area contributed by atoms with Crippen molar-refractivity contribution in [1.29, 1.82) is 0 Å². The maximum Gasteiger partial charge on any atom is 0.325 e. The molecule has 0 radical (unpaired) electrons. The number of rotatable bonds is 6. The van der Waals surface area contributed by atoms with Gasteiger partial charge in [0.1, 0.15) is 23.6 Å². The molecule has 1 saturated heterocycles. The van der Waals surface area contributed by atoms with Gasteiger partial charge in [-0.15, -0.1) is 0 Å². The minimum Gasteiger partial charge on any atom is -0.497 e. The molecule has 1 aromatic carbocycles. The number of carbonyl (C=O) groups is 3. The summed E-state index contributed by atoms with van der Waals surface area (Å²) in [6, 6.07) is 4.82. The number of nitrogens with one attached hydrogen (secondary N) is 2. The second-order valence-corrected chi connectivity index (χ2v) is 7.58. The van der Waals surface area contributed by atoms with Crippen LogP contribution in [0.25, 0.3) is 0 Å². The summed E-state index contributed by atoms with van der Waals surface area (Å²) in [5.74, 6) is 1.10. The Hall–Kier alpha value is -2.77. The molecule has 1 heterocycles. The Morgan fingerprint density at radius 3 is 2.36 bits per heavy atom. The summed E-state index contributed by atoms with van der Waals surface area (Å²) in [5.41, 5.74) is -0.0381. The third-order valence-corrected chi connectivity index (χ3v) is 5.58. The molecule has 1 saturated carbocycles. The summed E-state index contributed by atoms with van der Waals surface area (Å²) in [6.45, 7) is 2.09. The lowest BCUT2D eigenvalue weighted by molar-refractivity contribution is -0.136. The number of methoxy groups -OCH3 is 2. The van der Waals surface area contributed by atoms with Gasteiger partial charge in [0.15, 0.2) is 0 Å². The number of nitrogens with zero attached hydrogens (tertiary/aromatic N) is 1. The zero-order valence-corrected chi connectivity index (χ0v) is 16.5. The number of carbonyl (C=O) groups excluding carboxylic acids is 3. The van der Waals surface area contributed by atoms with Gasteiger partial charge < -0.3 is 20.1 Å². The van der Waals surface area contributed by atoms with E-state index >= 15 is 0 Å². The number of hydrogen-bond acceptors (Lipinski definition) is 5. The lowest BCUT2D eigenvalue weighted by Gasteiger charge is -2.33. The van der Waals surface area contributed by atoms with Crippen LogP contribution >= 0.6 is 0 Å². The van der Waals surface area contributed by atoms with Crippen molar-refractivity contribution < 1.29 is 23.9 Å². The van der Waals surface area contributed by atoms with Crippen LogP contribution in [0.2, 0.25) is 0 Å². The Morgan fingerprint density at radius 2 is 1.79 bits per heavy atom. The first-order valence-electron chi connectivity index (χ1n) is 9.49. The number of ether oxygens (including phenoxy) is 2. The summed E-state index contributed by atoms with van der Waals surface area (Å²) in [5, 5.41) is 5.57. The van der Waals surface area contributed by atoms with Gasteiger partial charge >= 0.3 is 6.03 Å². The Kier molecular flexibility index (Phi) is 5.76. The van der Waals surface area contributed by atoms with Gasteiger partial charge in [-0.25, -0.2) is 4.79 Å². The molecule has 0 unspecified atom stereocenters. The molecule has 2 aliphatic rings. The van der Waals surface area contributed by atoms with Gasteiger partial charge in [0.05, 0.1) is 14.2 Å². The molecule has 28 heavy (non-hydrogen) atoms. The highest BCUT2D eigenvalue weighted by Crippen LogP contribution is 2.36. The van der Waals surface area contributed by atoms with E-state index in [4.69, 9.17) is 9.47 Å². The van der Waals surface area contributed by atoms with Gasteiger partial charge in [0, 0.05) is 12.6 Å². The van der Waals surface area contributed by atoms with Crippen LogP contribution in [0.4, 0.5) is 4.79 Å². The van der Waals surface area contributed by atoms with Gasteiger partial charge in [0.25, 0.3) is 5.91 Å². The van der Waals surface area contributed by atoms with E-state index < -0.39 is 17.5 Å². The molecule has 1 aliphatic heterocycles. The summed E-state index contributed by atoms with van der Waals surface area (Å²) in [6.07, 6.45) is 3.04. The fourth-order valence-corrected chi connectivity index (χ4v) is 3.78. The number of amides is 4. The van der Waals surface area contributed by atoms with E-state index in [1.807, 2.05) is 0 Å². The van der Waals surface area contributed by atoms with E-state index in [1.165, 1.54) is 0 Å². The van der Waals surface area contributed by atoms with Crippen LogP contribution in [0.3, 0.4) is 0 Å². The Balaban J connectivity index is 1.59. The van der Waals surface area contributed by atoms with Crippen LogP contribution in [0.5, 0.6) is 11.5 Å². The highest BCUT2D eigenvalue weighted by Gasteiger charge is 2.52. The standard InChI is InChI=1S/C20H27N3O5/c1-13-4-6-20(7-5-13)18(25)23(19(26)22-20)12-17(24)21-11-14-8-15(27-2)10-16(9-14)28-3/h8-10,13H,4-7,11-12H2,1-3H3,(H,21,24)(H,22,26). The van der Waals surface area contributed by atoms with Crippen molar-refractivity contribution in [3.63, 3.8) is 0 Å². The number of benzene rings is 1.